The third kappa shape index (κ3) is 4.71. The van der Waals surface area contributed by atoms with Crippen LogP contribution in [-0.4, -0.2) is 61.1 Å². The second-order valence-corrected chi connectivity index (χ2v) is 5.88. The first kappa shape index (κ1) is 16.8. The molecule has 1 aliphatic rings. The van der Waals surface area contributed by atoms with Crippen LogP contribution >= 0.6 is 0 Å². The number of aryl methyl sites for hydroxylation is 1. The van der Waals surface area contributed by atoms with E-state index in [1.807, 2.05) is 43.0 Å². The molecule has 22 heavy (non-hydrogen) atoms. The zero-order valence-electron chi connectivity index (χ0n) is 13.6. The number of hydrogen-bond donors (Lipinski definition) is 1. The highest BCUT2D eigenvalue weighted by Crippen LogP contribution is 2.15. The smallest absolute Gasteiger partial charge is 0.263 e. The number of nitrogens with zero attached hydrogens (tertiary/aromatic N) is 2. The van der Waals surface area contributed by atoms with Gasteiger partial charge in [0, 0.05) is 26.2 Å². The summed E-state index contributed by atoms with van der Waals surface area (Å²) in [4.78, 5) is 16.7. The number of piperazine rings is 1. The summed E-state index contributed by atoms with van der Waals surface area (Å²) in [6, 6.07) is 7.79. The SMILES string of the molecule is Cc1ccc(OC(C)C(=O)N2CCN(CCCN)CC2)cc1. The molecule has 5 nitrogen and oxygen atoms in total. The predicted molar refractivity (Wildman–Crippen MR) is 88.0 cm³/mol. The number of carbonyl (C=O) groups excluding carboxylic acids is 1. The van der Waals surface area contributed by atoms with Crippen LogP contribution in [0.2, 0.25) is 0 Å². The van der Waals surface area contributed by atoms with E-state index in [0.717, 1.165) is 51.4 Å². The molecule has 1 amide bonds. The van der Waals surface area contributed by atoms with E-state index in [0.29, 0.717) is 0 Å². The highest BCUT2D eigenvalue weighted by molar-refractivity contribution is 5.81. The van der Waals surface area contributed by atoms with Crippen LogP contribution in [0.1, 0.15) is 18.9 Å². The van der Waals surface area contributed by atoms with Crippen molar-refractivity contribution in [2.45, 2.75) is 26.4 Å². The Hall–Kier alpha value is -1.59. The summed E-state index contributed by atoms with van der Waals surface area (Å²) < 4.78 is 5.75. The van der Waals surface area contributed by atoms with Crippen LogP contribution in [0.4, 0.5) is 0 Å². The van der Waals surface area contributed by atoms with Crippen molar-refractivity contribution in [3.05, 3.63) is 29.8 Å². The molecule has 0 spiro atoms. The quantitative estimate of drug-likeness (QED) is 0.859. The molecule has 1 aromatic rings. The van der Waals surface area contributed by atoms with Gasteiger partial charge >= 0.3 is 0 Å². The zero-order valence-corrected chi connectivity index (χ0v) is 13.6. The number of ether oxygens (including phenoxy) is 1. The molecule has 1 unspecified atom stereocenters. The first-order valence-corrected chi connectivity index (χ1v) is 8.04. The second kappa shape index (κ2) is 8.15. The summed E-state index contributed by atoms with van der Waals surface area (Å²) in [5.41, 5.74) is 6.72. The molecule has 0 aromatic heterocycles. The van der Waals surface area contributed by atoms with E-state index in [9.17, 15) is 4.79 Å². The van der Waals surface area contributed by atoms with Gasteiger partial charge in [-0.2, -0.15) is 0 Å². The van der Waals surface area contributed by atoms with Crippen LogP contribution in [-0.2, 0) is 4.79 Å². The fourth-order valence-corrected chi connectivity index (χ4v) is 2.64. The van der Waals surface area contributed by atoms with Crippen molar-refractivity contribution in [2.75, 3.05) is 39.3 Å². The largest absolute Gasteiger partial charge is 0.481 e. The monoisotopic (exact) mass is 305 g/mol. The van der Waals surface area contributed by atoms with Gasteiger partial charge in [-0.15, -0.1) is 0 Å². The first-order chi connectivity index (χ1) is 10.6. The van der Waals surface area contributed by atoms with Crippen LogP contribution in [0, 0.1) is 6.92 Å². The number of nitrogens with two attached hydrogens (primary N) is 1. The Bertz CT molecular complexity index is 467. The molecular formula is C17H27N3O2. The summed E-state index contributed by atoms with van der Waals surface area (Å²) in [5.74, 6) is 0.812. The Morgan fingerprint density at radius 3 is 2.45 bits per heavy atom. The maximum atomic E-state index is 12.5. The number of benzene rings is 1. The molecular weight excluding hydrogens is 278 g/mol. The Balaban J connectivity index is 1.80. The van der Waals surface area contributed by atoms with E-state index in [2.05, 4.69) is 4.90 Å². The van der Waals surface area contributed by atoms with Crippen molar-refractivity contribution < 1.29 is 9.53 Å². The van der Waals surface area contributed by atoms with Crippen LogP contribution in [0.3, 0.4) is 0 Å². The third-order valence-electron chi connectivity index (χ3n) is 4.04. The lowest BCUT2D eigenvalue weighted by Crippen LogP contribution is -2.52. The topological polar surface area (TPSA) is 58.8 Å². The van der Waals surface area contributed by atoms with Crippen molar-refractivity contribution in [3.8, 4) is 5.75 Å². The zero-order chi connectivity index (χ0) is 15.9. The average Bonchev–Trinajstić information content (AvgIpc) is 2.55. The van der Waals surface area contributed by atoms with Gasteiger partial charge in [-0.25, -0.2) is 0 Å². The fraction of sp³-hybridized carbons (Fsp3) is 0.588. The predicted octanol–water partition coefficient (Wildman–Crippen LogP) is 1.26. The summed E-state index contributed by atoms with van der Waals surface area (Å²) >= 11 is 0. The maximum Gasteiger partial charge on any atom is 0.263 e. The van der Waals surface area contributed by atoms with Gasteiger partial charge < -0.3 is 15.4 Å². The Morgan fingerprint density at radius 1 is 1.23 bits per heavy atom. The first-order valence-electron chi connectivity index (χ1n) is 8.04. The normalized spacial score (nSPS) is 17.3. The Labute approximate surface area is 133 Å². The molecule has 1 atom stereocenters. The van der Waals surface area contributed by atoms with E-state index in [1.165, 1.54) is 5.56 Å². The van der Waals surface area contributed by atoms with E-state index in [4.69, 9.17) is 10.5 Å². The molecule has 1 fully saturated rings. The third-order valence-corrected chi connectivity index (χ3v) is 4.04. The van der Waals surface area contributed by atoms with Crippen LogP contribution in [0.5, 0.6) is 5.75 Å². The van der Waals surface area contributed by atoms with E-state index >= 15 is 0 Å². The standard InChI is InChI=1S/C17H27N3O2/c1-14-4-6-16(7-5-14)22-15(2)17(21)20-12-10-19(11-13-20)9-3-8-18/h4-7,15H,3,8-13,18H2,1-2H3. The Morgan fingerprint density at radius 2 is 1.86 bits per heavy atom. The van der Waals surface area contributed by atoms with E-state index < -0.39 is 6.10 Å². The number of carbonyl (C=O) groups is 1. The van der Waals surface area contributed by atoms with Crippen LogP contribution in [0.25, 0.3) is 0 Å². The molecule has 2 rings (SSSR count). The second-order valence-electron chi connectivity index (χ2n) is 5.88. The van der Waals surface area contributed by atoms with Crippen molar-refractivity contribution in [2.24, 2.45) is 5.73 Å². The minimum absolute atomic E-state index is 0.0686. The molecule has 122 valence electrons. The molecule has 0 radical (unpaired) electrons. The van der Waals surface area contributed by atoms with E-state index in [1.54, 1.807) is 0 Å². The molecule has 2 N–H and O–H groups in total. The number of hydrogen-bond acceptors (Lipinski definition) is 4. The molecule has 0 saturated carbocycles. The van der Waals surface area contributed by atoms with Gasteiger partial charge in [0.1, 0.15) is 5.75 Å². The summed E-state index contributed by atoms with van der Waals surface area (Å²) in [5, 5.41) is 0. The number of rotatable bonds is 6. The summed E-state index contributed by atoms with van der Waals surface area (Å²) in [7, 11) is 0. The lowest BCUT2D eigenvalue weighted by atomic mass is 10.2. The minimum Gasteiger partial charge on any atom is -0.481 e. The molecule has 1 saturated heterocycles. The van der Waals surface area contributed by atoms with E-state index in [-0.39, 0.29) is 5.91 Å². The van der Waals surface area contributed by atoms with Gasteiger partial charge in [0.25, 0.3) is 5.91 Å². The van der Waals surface area contributed by atoms with Crippen LogP contribution in [0.15, 0.2) is 24.3 Å². The molecule has 0 aliphatic carbocycles. The summed E-state index contributed by atoms with van der Waals surface area (Å²) in [6.07, 6.45) is 0.569. The van der Waals surface area contributed by atoms with Gasteiger partial charge in [0.2, 0.25) is 0 Å². The highest BCUT2D eigenvalue weighted by atomic mass is 16.5. The molecule has 1 aromatic carbocycles. The lowest BCUT2D eigenvalue weighted by molar-refractivity contribution is -0.139. The Kier molecular flexibility index (Phi) is 6.21. The van der Waals surface area contributed by atoms with Crippen molar-refractivity contribution in [1.29, 1.82) is 0 Å². The van der Waals surface area contributed by atoms with Gasteiger partial charge in [-0.05, 0) is 45.5 Å². The molecule has 1 aliphatic heterocycles. The van der Waals surface area contributed by atoms with Crippen molar-refractivity contribution in [3.63, 3.8) is 0 Å². The highest BCUT2D eigenvalue weighted by Gasteiger charge is 2.25. The molecule has 0 bridgehead atoms. The fourth-order valence-electron chi connectivity index (χ4n) is 2.64. The summed E-state index contributed by atoms with van der Waals surface area (Å²) in [6.45, 7) is 8.97. The lowest BCUT2D eigenvalue weighted by Gasteiger charge is -2.35. The van der Waals surface area contributed by atoms with Gasteiger partial charge in [0.05, 0.1) is 0 Å². The molecule has 5 heteroatoms. The minimum atomic E-state index is -0.446. The average molecular weight is 305 g/mol. The maximum absolute atomic E-state index is 12.5. The van der Waals surface area contributed by atoms with Crippen molar-refractivity contribution >= 4 is 5.91 Å². The number of amides is 1. The van der Waals surface area contributed by atoms with Crippen LogP contribution < -0.4 is 10.5 Å². The van der Waals surface area contributed by atoms with Gasteiger partial charge in [0.15, 0.2) is 6.10 Å². The van der Waals surface area contributed by atoms with Gasteiger partial charge in [-0.1, -0.05) is 17.7 Å². The van der Waals surface area contributed by atoms with Gasteiger partial charge in [-0.3, -0.25) is 9.69 Å². The molecule has 1 heterocycles. The van der Waals surface area contributed by atoms with Crippen molar-refractivity contribution in [1.82, 2.24) is 9.80 Å².